The quantitative estimate of drug-likeness (QED) is 0.0862. The monoisotopic (exact) mass is 523 g/mol. The average Bonchev–Trinajstić information content (AvgIpc) is 2.82. The molecule has 0 saturated carbocycles. The molecule has 0 aliphatic carbocycles. The Bertz CT molecular complexity index is 576. The fraction of sp³-hybridized carbons (Fsp3) is 0.920. The van der Waals surface area contributed by atoms with Crippen LogP contribution in [0.4, 0.5) is 0 Å². The van der Waals surface area contributed by atoms with Crippen molar-refractivity contribution in [3.8, 4) is 0 Å². The number of rotatable bonds is 25. The molecule has 0 bridgehead atoms. The van der Waals surface area contributed by atoms with Crippen molar-refractivity contribution in [2.45, 2.75) is 123 Å². The lowest BCUT2D eigenvalue weighted by Gasteiger charge is -2.19. The van der Waals surface area contributed by atoms with E-state index in [0.29, 0.717) is 6.42 Å². The summed E-state index contributed by atoms with van der Waals surface area (Å²) in [6, 6.07) is 0. The van der Waals surface area contributed by atoms with E-state index >= 15 is 0 Å². The number of carbonyl (C=O) groups is 2. The van der Waals surface area contributed by atoms with Gasteiger partial charge in [-0.05, 0) is 6.42 Å². The lowest BCUT2D eigenvalue weighted by molar-refractivity contribution is -0.160. The highest BCUT2D eigenvalue weighted by Gasteiger charge is 2.25. The van der Waals surface area contributed by atoms with Crippen LogP contribution in [0.15, 0.2) is 0 Å². The maximum absolute atomic E-state index is 12.1. The second-order valence-corrected chi connectivity index (χ2v) is 10.5. The van der Waals surface area contributed by atoms with Gasteiger partial charge in [0.1, 0.15) is 6.61 Å². The number of carbonyl (C=O) groups excluding carboxylic acids is 2. The summed E-state index contributed by atoms with van der Waals surface area (Å²) in [7, 11) is -4.32. The second kappa shape index (κ2) is 23.4. The number of phosphoric ester groups is 1. The number of nitrogens with two attached hydrogens (primary N) is 1. The first-order valence-corrected chi connectivity index (χ1v) is 14.9. The van der Waals surface area contributed by atoms with Crippen LogP contribution >= 0.6 is 7.82 Å². The molecule has 0 aromatic carbocycles. The van der Waals surface area contributed by atoms with Gasteiger partial charge in [0.25, 0.3) is 0 Å². The van der Waals surface area contributed by atoms with Gasteiger partial charge in [-0.2, -0.15) is 0 Å². The van der Waals surface area contributed by atoms with E-state index in [1.807, 2.05) is 0 Å². The molecule has 0 saturated heterocycles. The summed E-state index contributed by atoms with van der Waals surface area (Å²) in [6.45, 7) is 2.67. The van der Waals surface area contributed by atoms with Crippen LogP contribution in [0.25, 0.3) is 0 Å². The van der Waals surface area contributed by atoms with Gasteiger partial charge in [-0.15, -0.1) is 0 Å². The van der Waals surface area contributed by atoms with Crippen molar-refractivity contribution in [3.63, 3.8) is 0 Å². The molecule has 0 spiro atoms. The average molecular weight is 524 g/mol. The Hall–Kier alpha value is -0.990. The van der Waals surface area contributed by atoms with E-state index in [0.717, 1.165) is 12.8 Å². The number of ether oxygens (including phenoxy) is 2. The molecular weight excluding hydrogens is 473 g/mol. The first kappa shape index (κ1) is 34.0. The third-order valence-electron chi connectivity index (χ3n) is 5.55. The summed E-state index contributed by atoms with van der Waals surface area (Å²) < 4.78 is 31.3. The topological polar surface area (TPSA) is 134 Å². The highest BCUT2D eigenvalue weighted by atomic mass is 31.2. The van der Waals surface area contributed by atoms with Crippen molar-refractivity contribution < 1.29 is 37.6 Å². The zero-order valence-corrected chi connectivity index (χ0v) is 22.9. The Morgan fingerprint density at radius 2 is 1.29 bits per heavy atom. The van der Waals surface area contributed by atoms with Crippen molar-refractivity contribution in [1.29, 1.82) is 0 Å². The summed E-state index contributed by atoms with van der Waals surface area (Å²) in [5.41, 5.74) is 5.23. The van der Waals surface area contributed by atoms with Gasteiger partial charge in [0, 0.05) is 19.9 Å². The maximum atomic E-state index is 12.1. The van der Waals surface area contributed by atoms with Crippen LogP contribution in [0.3, 0.4) is 0 Å². The molecule has 0 radical (unpaired) electrons. The maximum Gasteiger partial charge on any atom is 0.472 e. The zero-order valence-electron chi connectivity index (χ0n) is 22.0. The number of hydrogen-bond acceptors (Lipinski definition) is 8. The highest BCUT2D eigenvalue weighted by molar-refractivity contribution is 7.47. The minimum atomic E-state index is -4.32. The van der Waals surface area contributed by atoms with Crippen LogP contribution in [0, 0.1) is 0 Å². The smallest absolute Gasteiger partial charge is 0.462 e. The molecule has 10 heteroatoms. The van der Waals surface area contributed by atoms with E-state index in [9.17, 15) is 19.0 Å². The van der Waals surface area contributed by atoms with Crippen molar-refractivity contribution in [3.05, 3.63) is 0 Å². The van der Waals surface area contributed by atoms with Gasteiger partial charge in [-0.1, -0.05) is 96.8 Å². The van der Waals surface area contributed by atoms with Crippen molar-refractivity contribution in [2.24, 2.45) is 5.73 Å². The minimum Gasteiger partial charge on any atom is -0.462 e. The largest absolute Gasteiger partial charge is 0.472 e. The standard InChI is InChI=1S/C25H50NO8P/c1-3-4-5-6-7-8-9-10-11-12-13-14-15-16-17-18-25(28)34-24(21-31-23(2)27)22-33-35(29,30)32-20-19-26/h24H,3-22,26H2,1-2H3,(H,29,30). The van der Waals surface area contributed by atoms with E-state index in [1.165, 1.54) is 84.0 Å². The van der Waals surface area contributed by atoms with E-state index < -0.39 is 32.5 Å². The van der Waals surface area contributed by atoms with Crippen LogP contribution in [-0.2, 0) is 32.7 Å². The van der Waals surface area contributed by atoms with Crippen LogP contribution in [0.5, 0.6) is 0 Å². The summed E-state index contributed by atoms with van der Waals surface area (Å²) in [5, 5.41) is 0. The van der Waals surface area contributed by atoms with Crippen molar-refractivity contribution in [2.75, 3.05) is 26.4 Å². The molecule has 0 heterocycles. The molecule has 0 amide bonds. The Morgan fingerprint density at radius 1 is 0.800 bits per heavy atom. The summed E-state index contributed by atoms with van der Waals surface area (Å²) in [5.74, 6) is -1.02. The van der Waals surface area contributed by atoms with Gasteiger partial charge < -0.3 is 20.1 Å². The van der Waals surface area contributed by atoms with Gasteiger partial charge in [-0.3, -0.25) is 18.6 Å². The fourth-order valence-corrected chi connectivity index (χ4v) is 4.36. The van der Waals surface area contributed by atoms with Crippen LogP contribution in [0.1, 0.15) is 117 Å². The number of hydrogen-bond donors (Lipinski definition) is 2. The Kier molecular flexibility index (Phi) is 22.7. The van der Waals surface area contributed by atoms with E-state index in [2.05, 4.69) is 11.4 Å². The SMILES string of the molecule is CCCCCCCCCCCCCCCCCC(=O)OC(COC(C)=O)COP(=O)(O)OCCN. The Balaban J connectivity index is 3.85. The molecule has 2 unspecified atom stereocenters. The summed E-state index contributed by atoms with van der Waals surface area (Å²) in [4.78, 5) is 32.8. The first-order chi connectivity index (χ1) is 16.8. The molecular formula is C25H50NO8P. The van der Waals surface area contributed by atoms with Crippen LogP contribution in [-0.4, -0.2) is 49.3 Å². The molecule has 0 aromatic rings. The van der Waals surface area contributed by atoms with Gasteiger partial charge >= 0.3 is 19.8 Å². The molecule has 9 nitrogen and oxygen atoms in total. The van der Waals surface area contributed by atoms with E-state index in [1.54, 1.807) is 0 Å². The Labute approximate surface area is 212 Å². The lowest BCUT2D eigenvalue weighted by atomic mass is 10.0. The second-order valence-electron chi connectivity index (χ2n) is 9.00. The number of esters is 2. The molecule has 0 rings (SSSR count). The fourth-order valence-electron chi connectivity index (χ4n) is 3.59. The van der Waals surface area contributed by atoms with Crippen LogP contribution < -0.4 is 5.73 Å². The van der Waals surface area contributed by atoms with Gasteiger partial charge in [0.2, 0.25) is 0 Å². The van der Waals surface area contributed by atoms with Crippen molar-refractivity contribution >= 4 is 19.8 Å². The summed E-state index contributed by atoms with van der Waals surface area (Å²) in [6.07, 6.45) is 17.8. The molecule has 0 fully saturated rings. The third kappa shape index (κ3) is 24.5. The van der Waals surface area contributed by atoms with E-state index in [4.69, 9.17) is 19.7 Å². The lowest BCUT2D eigenvalue weighted by Crippen LogP contribution is -2.29. The predicted molar refractivity (Wildman–Crippen MR) is 137 cm³/mol. The van der Waals surface area contributed by atoms with Gasteiger partial charge in [0.05, 0.1) is 13.2 Å². The molecule has 208 valence electrons. The molecule has 0 aliphatic rings. The van der Waals surface area contributed by atoms with E-state index in [-0.39, 0.29) is 26.2 Å². The van der Waals surface area contributed by atoms with Gasteiger partial charge in [0.15, 0.2) is 6.10 Å². The third-order valence-corrected chi connectivity index (χ3v) is 6.54. The highest BCUT2D eigenvalue weighted by Crippen LogP contribution is 2.43. The minimum absolute atomic E-state index is 0.0546. The summed E-state index contributed by atoms with van der Waals surface area (Å²) >= 11 is 0. The molecule has 0 aliphatic heterocycles. The number of unbranched alkanes of at least 4 members (excludes halogenated alkanes) is 14. The Morgan fingerprint density at radius 3 is 1.74 bits per heavy atom. The molecule has 3 N–H and O–H groups in total. The molecule has 2 atom stereocenters. The van der Waals surface area contributed by atoms with Crippen LogP contribution in [0.2, 0.25) is 0 Å². The predicted octanol–water partition coefficient (Wildman–Crippen LogP) is 5.82. The van der Waals surface area contributed by atoms with Crippen molar-refractivity contribution in [1.82, 2.24) is 0 Å². The van der Waals surface area contributed by atoms with Gasteiger partial charge in [-0.25, -0.2) is 4.57 Å². The normalized spacial score (nSPS) is 13.8. The number of phosphoric acid groups is 1. The first-order valence-electron chi connectivity index (χ1n) is 13.5. The molecule has 0 aromatic heterocycles. The zero-order chi connectivity index (χ0) is 26.2. The molecule has 35 heavy (non-hydrogen) atoms.